The summed E-state index contributed by atoms with van der Waals surface area (Å²) in [5.74, 6) is 0.462. The van der Waals surface area contributed by atoms with E-state index in [-0.39, 0.29) is 11.9 Å². The van der Waals surface area contributed by atoms with Crippen LogP contribution >= 0.6 is 12.2 Å². The third-order valence-electron chi connectivity index (χ3n) is 2.40. The minimum atomic E-state index is -0.259. The molecule has 1 heterocycles. The smallest absolute Gasteiger partial charge is 0.166 e. The number of halogens is 1. The van der Waals surface area contributed by atoms with Gasteiger partial charge in [-0.1, -0.05) is 0 Å². The second kappa shape index (κ2) is 4.65. The number of hydrogen-bond donors (Lipinski definition) is 2. The first-order valence-electron chi connectivity index (χ1n) is 5.17. The molecule has 0 bridgehead atoms. The summed E-state index contributed by atoms with van der Waals surface area (Å²) in [7, 11) is 0. The fourth-order valence-corrected chi connectivity index (χ4v) is 1.96. The van der Waals surface area contributed by atoms with Crippen LogP contribution in [0.2, 0.25) is 0 Å². The van der Waals surface area contributed by atoms with Crippen LogP contribution in [0.15, 0.2) is 18.2 Å². The highest BCUT2D eigenvalue weighted by Gasteiger charge is 2.24. The number of hydrogen-bond acceptors (Lipinski definition) is 2. The van der Waals surface area contributed by atoms with Crippen molar-refractivity contribution in [2.75, 3.05) is 13.2 Å². The summed E-state index contributed by atoms with van der Waals surface area (Å²) < 4.78 is 18.5. The van der Waals surface area contributed by atoms with Crippen LogP contribution in [0.25, 0.3) is 0 Å². The Morgan fingerprint density at radius 1 is 1.62 bits per heavy atom. The van der Waals surface area contributed by atoms with Crippen LogP contribution in [0.3, 0.4) is 0 Å². The first kappa shape index (κ1) is 11.1. The van der Waals surface area contributed by atoms with Gasteiger partial charge in [-0.05, 0) is 37.3 Å². The molecule has 0 amide bonds. The Morgan fingerprint density at radius 3 is 3.19 bits per heavy atom. The Hall–Kier alpha value is -1.36. The second-order valence-electron chi connectivity index (χ2n) is 3.55. The van der Waals surface area contributed by atoms with E-state index in [0.717, 1.165) is 17.9 Å². The standard InChI is InChI=1S/C11H13FN2OS/c1-2-13-11(16)14-9-6-15-10-4-3-7(12)5-8(9)10/h3-5,9H,2,6H2,1H3,(H2,13,14,16). The third kappa shape index (κ3) is 2.24. The molecule has 1 aromatic carbocycles. The van der Waals surface area contributed by atoms with Crippen molar-refractivity contribution >= 4 is 17.3 Å². The SMILES string of the molecule is CCNC(=S)NC1COc2ccc(F)cc21. The van der Waals surface area contributed by atoms with Gasteiger partial charge >= 0.3 is 0 Å². The van der Waals surface area contributed by atoms with Gasteiger partial charge in [0.25, 0.3) is 0 Å². The van der Waals surface area contributed by atoms with Gasteiger partial charge in [0.2, 0.25) is 0 Å². The maximum Gasteiger partial charge on any atom is 0.166 e. The largest absolute Gasteiger partial charge is 0.491 e. The average Bonchev–Trinajstić information content (AvgIpc) is 2.61. The number of thiocarbonyl (C=S) groups is 1. The van der Waals surface area contributed by atoms with Crippen molar-refractivity contribution in [3.63, 3.8) is 0 Å². The molecule has 0 fully saturated rings. The quantitative estimate of drug-likeness (QED) is 0.772. The van der Waals surface area contributed by atoms with Gasteiger partial charge < -0.3 is 15.4 Å². The van der Waals surface area contributed by atoms with Crippen LogP contribution in [0.4, 0.5) is 4.39 Å². The zero-order chi connectivity index (χ0) is 11.5. The van der Waals surface area contributed by atoms with Gasteiger partial charge in [0.15, 0.2) is 5.11 Å². The third-order valence-corrected chi connectivity index (χ3v) is 2.66. The molecule has 0 saturated carbocycles. The molecule has 0 aliphatic carbocycles. The summed E-state index contributed by atoms with van der Waals surface area (Å²) in [6, 6.07) is 4.44. The van der Waals surface area contributed by atoms with Crippen molar-refractivity contribution in [1.82, 2.24) is 10.6 Å². The van der Waals surface area contributed by atoms with Crippen LogP contribution in [0.5, 0.6) is 5.75 Å². The van der Waals surface area contributed by atoms with E-state index in [1.54, 1.807) is 6.07 Å². The van der Waals surface area contributed by atoms with E-state index < -0.39 is 0 Å². The molecule has 2 rings (SSSR count). The topological polar surface area (TPSA) is 33.3 Å². The molecular formula is C11H13FN2OS. The summed E-state index contributed by atoms with van der Waals surface area (Å²) in [5.41, 5.74) is 0.820. The van der Waals surface area contributed by atoms with Gasteiger partial charge in [0.05, 0.1) is 6.04 Å². The Morgan fingerprint density at radius 2 is 2.44 bits per heavy atom. The van der Waals surface area contributed by atoms with Crippen LogP contribution < -0.4 is 15.4 Å². The lowest BCUT2D eigenvalue weighted by molar-refractivity contribution is 0.324. The molecular weight excluding hydrogens is 227 g/mol. The van der Waals surface area contributed by atoms with Crippen molar-refractivity contribution in [2.45, 2.75) is 13.0 Å². The fraction of sp³-hybridized carbons (Fsp3) is 0.364. The predicted molar refractivity (Wildman–Crippen MR) is 64.0 cm³/mol. The number of fused-ring (bicyclic) bond motifs is 1. The molecule has 1 aliphatic heterocycles. The monoisotopic (exact) mass is 240 g/mol. The number of nitrogens with one attached hydrogen (secondary N) is 2. The zero-order valence-corrected chi connectivity index (χ0v) is 9.73. The minimum Gasteiger partial charge on any atom is -0.491 e. The van der Waals surface area contributed by atoms with Crippen molar-refractivity contribution < 1.29 is 9.13 Å². The highest BCUT2D eigenvalue weighted by atomic mass is 32.1. The number of benzene rings is 1. The van der Waals surface area contributed by atoms with E-state index in [0.29, 0.717) is 11.7 Å². The van der Waals surface area contributed by atoms with Crippen LogP contribution in [0, 0.1) is 5.82 Å². The average molecular weight is 240 g/mol. The van der Waals surface area contributed by atoms with E-state index in [9.17, 15) is 4.39 Å². The molecule has 5 heteroatoms. The molecule has 1 atom stereocenters. The Balaban J connectivity index is 2.11. The molecule has 2 N–H and O–H groups in total. The highest BCUT2D eigenvalue weighted by molar-refractivity contribution is 7.80. The maximum absolute atomic E-state index is 13.1. The summed E-state index contributed by atoms with van der Waals surface area (Å²) in [6.45, 7) is 3.20. The van der Waals surface area contributed by atoms with Gasteiger partial charge in [-0.15, -0.1) is 0 Å². The summed E-state index contributed by atoms with van der Waals surface area (Å²) in [4.78, 5) is 0. The Kier molecular flexibility index (Phi) is 3.24. The lowest BCUT2D eigenvalue weighted by Gasteiger charge is -2.14. The molecule has 0 radical (unpaired) electrons. The molecule has 0 spiro atoms. The molecule has 1 aromatic rings. The van der Waals surface area contributed by atoms with E-state index in [2.05, 4.69) is 10.6 Å². The Labute approximate surface area is 99.0 Å². The van der Waals surface area contributed by atoms with Crippen molar-refractivity contribution in [2.24, 2.45) is 0 Å². The van der Waals surface area contributed by atoms with Crippen molar-refractivity contribution in [3.8, 4) is 5.75 Å². The minimum absolute atomic E-state index is 0.0720. The fourth-order valence-electron chi connectivity index (χ4n) is 1.68. The van der Waals surface area contributed by atoms with Gasteiger partial charge in [-0.3, -0.25) is 0 Å². The zero-order valence-electron chi connectivity index (χ0n) is 8.92. The molecule has 1 unspecified atom stereocenters. The molecule has 3 nitrogen and oxygen atoms in total. The van der Waals surface area contributed by atoms with E-state index in [1.807, 2.05) is 6.92 Å². The lowest BCUT2D eigenvalue weighted by atomic mass is 10.1. The predicted octanol–water partition coefficient (Wildman–Crippen LogP) is 1.74. The maximum atomic E-state index is 13.1. The summed E-state index contributed by atoms with van der Waals surface area (Å²) in [6.07, 6.45) is 0. The summed E-state index contributed by atoms with van der Waals surface area (Å²) in [5, 5.41) is 6.64. The molecule has 0 saturated heterocycles. The summed E-state index contributed by atoms with van der Waals surface area (Å²) >= 11 is 5.08. The van der Waals surface area contributed by atoms with Gasteiger partial charge in [-0.2, -0.15) is 0 Å². The normalized spacial score (nSPS) is 17.5. The molecule has 16 heavy (non-hydrogen) atoms. The van der Waals surface area contributed by atoms with Crippen LogP contribution in [-0.4, -0.2) is 18.3 Å². The molecule has 86 valence electrons. The Bertz CT molecular complexity index is 411. The van der Waals surface area contributed by atoms with Crippen molar-refractivity contribution in [1.29, 1.82) is 0 Å². The first-order valence-corrected chi connectivity index (χ1v) is 5.58. The van der Waals surface area contributed by atoms with E-state index in [1.165, 1.54) is 12.1 Å². The number of rotatable bonds is 2. The van der Waals surface area contributed by atoms with Gasteiger partial charge in [0, 0.05) is 12.1 Å². The lowest BCUT2D eigenvalue weighted by Crippen LogP contribution is -2.38. The first-order chi connectivity index (χ1) is 7.70. The van der Waals surface area contributed by atoms with E-state index >= 15 is 0 Å². The van der Waals surface area contributed by atoms with Crippen molar-refractivity contribution in [3.05, 3.63) is 29.6 Å². The second-order valence-corrected chi connectivity index (χ2v) is 3.96. The molecule has 0 aromatic heterocycles. The number of ether oxygens (including phenoxy) is 1. The van der Waals surface area contributed by atoms with E-state index in [4.69, 9.17) is 17.0 Å². The van der Waals surface area contributed by atoms with Gasteiger partial charge in [-0.25, -0.2) is 4.39 Å². The van der Waals surface area contributed by atoms with Crippen LogP contribution in [0.1, 0.15) is 18.5 Å². The highest BCUT2D eigenvalue weighted by Crippen LogP contribution is 2.32. The molecule has 1 aliphatic rings. The van der Waals surface area contributed by atoms with Crippen LogP contribution in [-0.2, 0) is 0 Å². The van der Waals surface area contributed by atoms with Gasteiger partial charge in [0.1, 0.15) is 18.2 Å².